The first kappa shape index (κ1) is 11.0. The van der Waals surface area contributed by atoms with Gasteiger partial charge in [0.15, 0.2) is 11.5 Å². The van der Waals surface area contributed by atoms with Gasteiger partial charge in [-0.25, -0.2) is 9.97 Å². The summed E-state index contributed by atoms with van der Waals surface area (Å²) in [6.07, 6.45) is 1.49. The van der Waals surface area contributed by atoms with Crippen LogP contribution in [0.5, 0.6) is 11.5 Å². The minimum absolute atomic E-state index is 0.0869. The Kier molecular flexibility index (Phi) is 2.60. The number of aryl methyl sites for hydroxylation is 1. The molecule has 0 amide bonds. The van der Waals surface area contributed by atoms with Gasteiger partial charge in [-0.05, 0) is 25.1 Å². The SMILES string of the molecule is Cc1ncnc(-c2ccc3c(c2)OCO3)c1CO. The first-order valence-electron chi connectivity index (χ1n) is 5.61. The number of rotatable bonds is 2. The summed E-state index contributed by atoms with van der Waals surface area (Å²) in [6.45, 7) is 2.01. The fourth-order valence-corrected chi connectivity index (χ4v) is 1.98. The van der Waals surface area contributed by atoms with E-state index in [-0.39, 0.29) is 13.4 Å². The number of fused-ring (bicyclic) bond motifs is 1. The van der Waals surface area contributed by atoms with Gasteiger partial charge in [0.2, 0.25) is 6.79 Å². The van der Waals surface area contributed by atoms with E-state index in [1.807, 2.05) is 25.1 Å². The molecule has 18 heavy (non-hydrogen) atoms. The lowest BCUT2D eigenvalue weighted by Crippen LogP contribution is -1.99. The van der Waals surface area contributed by atoms with Crippen LogP contribution in [0.1, 0.15) is 11.3 Å². The van der Waals surface area contributed by atoms with Crippen LogP contribution in [-0.2, 0) is 6.61 Å². The molecule has 3 rings (SSSR count). The lowest BCUT2D eigenvalue weighted by Gasteiger charge is -2.09. The van der Waals surface area contributed by atoms with Gasteiger partial charge < -0.3 is 14.6 Å². The van der Waals surface area contributed by atoms with Crippen LogP contribution in [0.25, 0.3) is 11.3 Å². The maximum atomic E-state index is 9.42. The second-order valence-corrected chi connectivity index (χ2v) is 4.01. The van der Waals surface area contributed by atoms with Gasteiger partial charge in [0.1, 0.15) is 6.33 Å². The normalized spacial score (nSPS) is 12.8. The Morgan fingerprint density at radius 3 is 2.89 bits per heavy atom. The molecule has 0 saturated heterocycles. The van der Waals surface area contributed by atoms with Gasteiger partial charge in [-0.2, -0.15) is 0 Å². The summed E-state index contributed by atoms with van der Waals surface area (Å²) in [5.41, 5.74) is 3.12. The van der Waals surface area contributed by atoms with Crippen molar-refractivity contribution in [3.63, 3.8) is 0 Å². The number of hydrogen-bond donors (Lipinski definition) is 1. The van der Waals surface area contributed by atoms with E-state index in [9.17, 15) is 5.11 Å². The number of aromatic nitrogens is 2. The van der Waals surface area contributed by atoms with Gasteiger partial charge in [0.25, 0.3) is 0 Å². The average Bonchev–Trinajstić information content (AvgIpc) is 2.85. The molecule has 1 N–H and O–H groups in total. The van der Waals surface area contributed by atoms with Crippen molar-refractivity contribution in [3.05, 3.63) is 35.8 Å². The molecule has 0 saturated carbocycles. The molecule has 2 aromatic rings. The quantitative estimate of drug-likeness (QED) is 0.870. The summed E-state index contributed by atoms with van der Waals surface area (Å²) in [7, 11) is 0. The summed E-state index contributed by atoms with van der Waals surface area (Å²) in [4.78, 5) is 8.32. The third-order valence-corrected chi connectivity index (χ3v) is 2.96. The summed E-state index contributed by atoms with van der Waals surface area (Å²) in [6, 6.07) is 5.61. The van der Waals surface area contributed by atoms with E-state index in [2.05, 4.69) is 9.97 Å². The number of ether oxygens (including phenoxy) is 2. The van der Waals surface area contributed by atoms with Gasteiger partial charge in [-0.3, -0.25) is 0 Å². The molecule has 1 aliphatic rings. The van der Waals surface area contributed by atoms with Crippen LogP contribution in [0.15, 0.2) is 24.5 Å². The zero-order chi connectivity index (χ0) is 12.5. The Morgan fingerprint density at radius 2 is 2.06 bits per heavy atom. The van der Waals surface area contributed by atoms with E-state index in [0.29, 0.717) is 5.75 Å². The topological polar surface area (TPSA) is 64.5 Å². The van der Waals surface area contributed by atoms with Crippen LogP contribution in [0.3, 0.4) is 0 Å². The summed E-state index contributed by atoms with van der Waals surface area (Å²) in [5.74, 6) is 1.43. The number of aliphatic hydroxyl groups excluding tert-OH is 1. The lowest BCUT2D eigenvalue weighted by atomic mass is 10.0. The number of benzene rings is 1. The Hall–Kier alpha value is -2.14. The zero-order valence-corrected chi connectivity index (χ0v) is 9.88. The first-order valence-corrected chi connectivity index (χ1v) is 5.61. The van der Waals surface area contributed by atoms with Crippen molar-refractivity contribution in [2.24, 2.45) is 0 Å². The highest BCUT2D eigenvalue weighted by atomic mass is 16.7. The van der Waals surface area contributed by atoms with Crippen LogP contribution in [0.2, 0.25) is 0 Å². The highest BCUT2D eigenvalue weighted by Gasteiger charge is 2.16. The molecule has 1 aromatic carbocycles. The number of aliphatic hydroxyl groups is 1. The van der Waals surface area contributed by atoms with Gasteiger partial charge in [-0.15, -0.1) is 0 Å². The molecular formula is C13H12N2O3. The highest BCUT2D eigenvalue weighted by molar-refractivity contribution is 5.67. The predicted molar refractivity (Wildman–Crippen MR) is 64.3 cm³/mol. The highest BCUT2D eigenvalue weighted by Crippen LogP contribution is 2.36. The van der Waals surface area contributed by atoms with Crippen molar-refractivity contribution >= 4 is 0 Å². The average molecular weight is 244 g/mol. The zero-order valence-electron chi connectivity index (χ0n) is 9.88. The van der Waals surface area contributed by atoms with E-state index in [4.69, 9.17) is 9.47 Å². The van der Waals surface area contributed by atoms with Crippen molar-refractivity contribution in [2.45, 2.75) is 13.5 Å². The van der Waals surface area contributed by atoms with Crippen LogP contribution in [0, 0.1) is 6.92 Å². The summed E-state index contributed by atoms with van der Waals surface area (Å²) >= 11 is 0. The molecule has 0 unspecified atom stereocenters. The molecule has 0 atom stereocenters. The third-order valence-electron chi connectivity index (χ3n) is 2.96. The first-order chi connectivity index (χ1) is 8.79. The fourth-order valence-electron chi connectivity index (χ4n) is 1.98. The second kappa shape index (κ2) is 4.27. The van der Waals surface area contributed by atoms with E-state index in [1.165, 1.54) is 6.33 Å². The Balaban J connectivity index is 2.12. The van der Waals surface area contributed by atoms with Crippen LogP contribution >= 0.6 is 0 Å². The van der Waals surface area contributed by atoms with Crippen LogP contribution < -0.4 is 9.47 Å². The van der Waals surface area contributed by atoms with Gasteiger partial charge >= 0.3 is 0 Å². The second-order valence-electron chi connectivity index (χ2n) is 4.01. The molecule has 0 bridgehead atoms. The molecular weight excluding hydrogens is 232 g/mol. The maximum Gasteiger partial charge on any atom is 0.231 e. The third kappa shape index (κ3) is 1.69. The van der Waals surface area contributed by atoms with E-state index >= 15 is 0 Å². The molecule has 92 valence electrons. The minimum Gasteiger partial charge on any atom is -0.454 e. The van der Waals surface area contributed by atoms with Gasteiger partial charge in [0.05, 0.1) is 12.3 Å². The van der Waals surface area contributed by atoms with Gasteiger partial charge in [-0.1, -0.05) is 0 Å². The molecule has 0 radical (unpaired) electrons. The van der Waals surface area contributed by atoms with Crippen molar-refractivity contribution < 1.29 is 14.6 Å². The van der Waals surface area contributed by atoms with E-state index < -0.39 is 0 Å². The Bertz CT molecular complexity index is 599. The van der Waals surface area contributed by atoms with Crippen molar-refractivity contribution in [1.82, 2.24) is 9.97 Å². The molecule has 0 aliphatic carbocycles. The minimum atomic E-state index is -0.0869. The Labute approximate surface area is 104 Å². The van der Waals surface area contributed by atoms with Crippen LogP contribution in [-0.4, -0.2) is 21.9 Å². The molecule has 5 heteroatoms. The molecule has 2 heterocycles. The standard InChI is InChI=1S/C13H12N2O3/c1-8-10(5-16)13(15-6-14-8)9-2-3-11-12(4-9)18-7-17-11/h2-4,6,16H,5,7H2,1H3. The lowest BCUT2D eigenvalue weighted by molar-refractivity contribution is 0.174. The Morgan fingerprint density at radius 1 is 1.22 bits per heavy atom. The van der Waals surface area contributed by atoms with Crippen molar-refractivity contribution in [3.8, 4) is 22.8 Å². The molecule has 5 nitrogen and oxygen atoms in total. The number of hydrogen-bond acceptors (Lipinski definition) is 5. The largest absolute Gasteiger partial charge is 0.454 e. The smallest absolute Gasteiger partial charge is 0.231 e. The maximum absolute atomic E-state index is 9.42. The predicted octanol–water partition coefficient (Wildman–Crippen LogP) is 1.67. The molecule has 1 aromatic heterocycles. The van der Waals surface area contributed by atoms with Gasteiger partial charge in [0, 0.05) is 16.8 Å². The van der Waals surface area contributed by atoms with Crippen molar-refractivity contribution in [2.75, 3.05) is 6.79 Å². The van der Waals surface area contributed by atoms with E-state index in [1.54, 1.807) is 0 Å². The van der Waals surface area contributed by atoms with E-state index in [0.717, 1.165) is 28.3 Å². The molecule has 0 spiro atoms. The summed E-state index contributed by atoms with van der Waals surface area (Å²) in [5, 5.41) is 9.42. The summed E-state index contributed by atoms with van der Waals surface area (Å²) < 4.78 is 10.6. The van der Waals surface area contributed by atoms with Crippen molar-refractivity contribution in [1.29, 1.82) is 0 Å². The molecule has 0 fully saturated rings. The van der Waals surface area contributed by atoms with Crippen LogP contribution in [0.4, 0.5) is 0 Å². The number of nitrogens with zero attached hydrogens (tertiary/aromatic N) is 2. The fraction of sp³-hybridized carbons (Fsp3) is 0.231. The monoisotopic (exact) mass is 244 g/mol. The molecule has 1 aliphatic heterocycles.